The number of rotatable bonds is 8. The van der Waals surface area contributed by atoms with Crippen LogP contribution in [0.3, 0.4) is 0 Å². The number of H-pyrrole nitrogens is 1. The molecule has 0 radical (unpaired) electrons. The predicted octanol–water partition coefficient (Wildman–Crippen LogP) is 6.07. The molecule has 0 amide bonds. The number of aryl methyl sites for hydroxylation is 1. The maximum absolute atomic E-state index is 14.1. The number of aromatic nitrogens is 2. The van der Waals surface area contributed by atoms with Gasteiger partial charge in [-0.1, -0.05) is 26.2 Å². The lowest BCUT2D eigenvalue weighted by Crippen LogP contribution is -2.42. The fraction of sp³-hybridized carbons (Fsp3) is 0.500. The summed E-state index contributed by atoms with van der Waals surface area (Å²) < 4.78 is 49.0. The number of carbonyl (C=O) groups excluding carboxylic acids is 1. The van der Waals surface area contributed by atoms with Gasteiger partial charge in [0.05, 0.1) is 28.0 Å². The number of nitrogens with one attached hydrogen (secondary N) is 1. The molecular weight excluding hydrogens is 493 g/mol. The molecule has 1 heterocycles. The fourth-order valence-corrected chi connectivity index (χ4v) is 6.73. The van der Waals surface area contributed by atoms with Crippen LogP contribution in [0.1, 0.15) is 77.6 Å². The highest BCUT2D eigenvalue weighted by Gasteiger charge is 2.35. The van der Waals surface area contributed by atoms with Crippen LogP contribution >= 0.6 is 0 Å². The molecule has 9 heteroatoms. The lowest BCUT2D eigenvalue weighted by atomic mass is 9.94. The van der Waals surface area contributed by atoms with Gasteiger partial charge in [-0.2, -0.15) is 0 Å². The summed E-state index contributed by atoms with van der Waals surface area (Å²) >= 11 is 0. The first-order valence-electron chi connectivity index (χ1n) is 13.0. The molecule has 0 spiro atoms. The molecule has 200 valence electrons. The third-order valence-electron chi connectivity index (χ3n) is 6.53. The van der Waals surface area contributed by atoms with Crippen molar-refractivity contribution in [1.29, 1.82) is 0 Å². The SMILES string of the molecule is CCCc1nc2c(CC(=O)OC(C)(C)C)c(N(C3CCCCC3)S(=O)(=O)c3ccc(F)cc3)ccc2[nH]1. The molecule has 7 nitrogen and oxygen atoms in total. The smallest absolute Gasteiger partial charge is 0.310 e. The fourth-order valence-electron chi connectivity index (χ4n) is 4.99. The second kappa shape index (κ2) is 10.8. The van der Waals surface area contributed by atoms with Gasteiger partial charge in [0.2, 0.25) is 0 Å². The standard InChI is InChI=1S/C28H36FN3O4S/c1-5-9-25-30-23-16-17-24(22(27(23)31-25)18-26(33)36-28(2,3)4)32(20-10-7-6-8-11-20)37(34,35)21-14-12-19(29)13-15-21/h12-17,20H,5-11,18H2,1-4H3,(H,30,31). The molecule has 1 aliphatic rings. The Kier molecular flexibility index (Phi) is 7.92. The first kappa shape index (κ1) is 27.1. The Morgan fingerprint density at radius 1 is 1.11 bits per heavy atom. The molecular formula is C28H36FN3O4S. The highest BCUT2D eigenvalue weighted by atomic mass is 32.2. The number of fused-ring (bicyclic) bond motifs is 1. The Morgan fingerprint density at radius 2 is 1.78 bits per heavy atom. The molecule has 1 N–H and O–H groups in total. The molecule has 0 bridgehead atoms. The topological polar surface area (TPSA) is 92.4 Å². The van der Waals surface area contributed by atoms with Gasteiger partial charge in [0, 0.05) is 18.0 Å². The predicted molar refractivity (Wildman–Crippen MR) is 143 cm³/mol. The van der Waals surface area contributed by atoms with Crippen LogP contribution < -0.4 is 4.31 Å². The third-order valence-corrected chi connectivity index (χ3v) is 8.41. The maximum atomic E-state index is 14.1. The summed E-state index contributed by atoms with van der Waals surface area (Å²) in [6.07, 6.45) is 5.77. The zero-order valence-corrected chi connectivity index (χ0v) is 22.8. The average Bonchev–Trinajstić information content (AvgIpc) is 3.23. The Hall–Kier alpha value is -2.94. The van der Waals surface area contributed by atoms with Crippen molar-refractivity contribution in [2.75, 3.05) is 4.31 Å². The minimum atomic E-state index is -4.06. The lowest BCUT2D eigenvalue weighted by molar-refractivity contribution is -0.153. The minimum Gasteiger partial charge on any atom is -0.460 e. The van der Waals surface area contributed by atoms with Crippen LogP contribution in [0.15, 0.2) is 41.3 Å². The second-order valence-corrected chi connectivity index (χ2v) is 12.5. The number of hydrogen-bond acceptors (Lipinski definition) is 5. The average molecular weight is 530 g/mol. The summed E-state index contributed by atoms with van der Waals surface area (Å²) in [6.45, 7) is 7.45. The molecule has 1 saturated carbocycles. The molecule has 2 aromatic carbocycles. The number of benzene rings is 2. The van der Waals surface area contributed by atoms with Crippen molar-refractivity contribution in [2.45, 2.75) is 95.6 Å². The first-order valence-corrected chi connectivity index (χ1v) is 14.5. The zero-order valence-electron chi connectivity index (χ0n) is 22.0. The summed E-state index contributed by atoms with van der Waals surface area (Å²) in [5.41, 5.74) is 1.56. The van der Waals surface area contributed by atoms with Gasteiger partial charge in [-0.25, -0.2) is 17.8 Å². The summed E-state index contributed by atoms with van der Waals surface area (Å²) in [4.78, 5) is 21.1. The van der Waals surface area contributed by atoms with Gasteiger partial charge in [0.1, 0.15) is 17.2 Å². The van der Waals surface area contributed by atoms with E-state index in [2.05, 4.69) is 11.9 Å². The van der Waals surface area contributed by atoms with E-state index >= 15 is 0 Å². The highest BCUT2D eigenvalue weighted by molar-refractivity contribution is 7.92. The van der Waals surface area contributed by atoms with E-state index < -0.39 is 27.4 Å². The minimum absolute atomic E-state index is 0.0106. The van der Waals surface area contributed by atoms with Crippen molar-refractivity contribution < 1.29 is 22.3 Å². The van der Waals surface area contributed by atoms with Crippen LogP contribution in [-0.4, -0.2) is 36.0 Å². The van der Waals surface area contributed by atoms with Crippen molar-refractivity contribution in [1.82, 2.24) is 9.97 Å². The quantitative estimate of drug-likeness (QED) is 0.358. The summed E-state index contributed by atoms with van der Waals surface area (Å²) in [7, 11) is -4.06. The Balaban J connectivity index is 1.91. The Labute approximate surface area is 218 Å². The molecule has 3 aromatic rings. The van der Waals surface area contributed by atoms with E-state index in [1.54, 1.807) is 26.8 Å². The molecule has 1 aromatic heterocycles. The largest absolute Gasteiger partial charge is 0.460 e. The van der Waals surface area contributed by atoms with E-state index in [4.69, 9.17) is 9.72 Å². The molecule has 37 heavy (non-hydrogen) atoms. The van der Waals surface area contributed by atoms with Crippen LogP contribution in [-0.2, 0) is 32.4 Å². The highest BCUT2D eigenvalue weighted by Crippen LogP contribution is 2.38. The number of aromatic amines is 1. The van der Waals surface area contributed by atoms with Gasteiger partial charge in [-0.05, 0) is 76.4 Å². The van der Waals surface area contributed by atoms with Gasteiger partial charge in [0.25, 0.3) is 10.0 Å². The van der Waals surface area contributed by atoms with Gasteiger partial charge < -0.3 is 9.72 Å². The second-order valence-electron chi connectivity index (χ2n) is 10.7. The zero-order chi connectivity index (χ0) is 26.8. The molecule has 1 fully saturated rings. The molecule has 4 rings (SSSR count). The number of imidazole rings is 1. The monoisotopic (exact) mass is 529 g/mol. The van der Waals surface area contributed by atoms with Gasteiger partial charge in [0.15, 0.2) is 0 Å². The van der Waals surface area contributed by atoms with Crippen molar-refractivity contribution >= 4 is 32.7 Å². The first-order chi connectivity index (χ1) is 17.5. The van der Waals surface area contributed by atoms with Crippen LogP contribution in [0.25, 0.3) is 11.0 Å². The molecule has 0 unspecified atom stereocenters. The van der Waals surface area contributed by atoms with Crippen LogP contribution in [0.4, 0.5) is 10.1 Å². The van der Waals surface area contributed by atoms with E-state index in [0.29, 0.717) is 29.6 Å². The van der Waals surface area contributed by atoms with E-state index in [-0.39, 0.29) is 17.4 Å². The van der Waals surface area contributed by atoms with Crippen molar-refractivity contribution in [3.8, 4) is 0 Å². The van der Waals surface area contributed by atoms with Crippen molar-refractivity contribution in [3.05, 3.63) is 53.6 Å². The van der Waals surface area contributed by atoms with Gasteiger partial charge >= 0.3 is 5.97 Å². The Morgan fingerprint density at radius 3 is 2.41 bits per heavy atom. The van der Waals surface area contributed by atoms with Gasteiger partial charge in [-0.3, -0.25) is 9.10 Å². The molecule has 0 saturated heterocycles. The maximum Gasteiger partial charge on any atom is 0.310 e. The van der Waals surface area contributed by atoms with Crippen molar-refractivity contribution in [3.63, 3.8) is 0 Å². The third kappa shape index (κ3) is 6.14. The number of esters is 1. The summed E-state index contributed by atoms with van der Waals surface area (Å²) in [5.74, 6) is -0.176. The van der Waals surface area contributed by atoms with E-state index in [1.165, 1.54) is 16.4 Å². The number of ether oxygens (including phenoxy) is 1. The lowest BCUT2D eigenvalue weighted by Gasteiger charge is -2.36. The van der Waals surface area contributed by atoms with Gasteiger partial charge in [-0.15, -0.1) is 0 Å². The van der Waals surface area contributed by atoms with Crippen LogP contribution in [0.5, 0.6) is 0 Å². The number of hydrogen-bond donors (Lipinski definition) is 1. The number of anilines is 1. The molecule has 1 aliphatic carbocycles. The number of sulfonamides is 1. The normalized spacial score (nSPS) is 15.2. The number of halogens is 1. The van der Waals surface area contributed by atoms with E-state index in [0.717, 1.165) is 55.6 Å². The molecule has 0 aliphatic heterocycles. The summed E-state index contributed by atoms with van der Waals surface area (Å²) in [6, 6.07) is 8.19. The number of nitrogens with zero attached hydrogens (tertiary/aromatic N) is 2. The summed E-state index contributed by atoms with van der Waals surface area (Å²) in [5, 5.41) is 0. The van der Waals surface area contributed by atoms with Crippen molar-refractivity contribution in [2.24, 2.45) is 0 Å². The number of carbonyl (C=O) groups is 1. The van der Waals surface area contributed by atoms with Crippen LogP contribution in [0.2, 0.25) is 0 Å². The van der Waals surface area contributed by atoms with E-state index in [9.17, 15) is 17.6 Å². The molecule has 0 atom stereocenters. The van der Waals surface area contributed by atoms with E-state index in [1.807, 2.05) is 6.07 Å². The Bertz CT molecular complexity index is 1350. The van der Waals surface area contributed by atoms with Crippen LogP contribution in [0, 0.1) is 5.82 Å².